The van der Waals surface area contributed by atoms with Crippen molar-refractivity contribution in [1.29, 1.82) is 0 Å². The number of anilines is 1. The van der Waals surface area contributed by atoms with Gasteiger partial charge in [0.05, 0.1) is 10.6 Å². The maximum atomic E-state index is 12.7. The number of halogens is 1. The summed E-state index contributed by atoms with van der Waals surface area (Å²) >= 11 is 6.04. The lowest BCUT2D eigenvalue weighted by Crippen LogP contribution is -2.38. The first-order valence-electron chi connectivity index (χ1n) is 9.35. The Morgan fingerprint density at radius 1 is 0.933 bits per heavy atom. The molecule has 154 valence electrons. The molecule has 0 bridgehead atoms. The van der Waals surface area contributed by atoms with Gasteiger partial charge in [0, 0.05) is 18.8 Å². The minimum atomic E-state index is -3.94. The summed E-state index contributed by atoms with van der Waals surface area (Å²) in [6, 6.07) is 20.6. The first-order valence-corrected chi connectivity index (χ1v) is 11.1. The zero-order valence-corrected chi connectivity index (χ0v) is 17.5. The summed E-state index contributed by atoms with van der Waals surface area (Å²) in [5, 5.41) is 3.08. The molecule has 1 N–H and O–H groups in total. The van der Waals surface area contributed by atoms with E-state index >= 15 is 0 Å². The van der Waals surface area contributed by atoms with Gasteiger partial charge in [-0.05, 0) is 53.9 Å². The molecule has 8 heteroatoms. The number of benzene rings is 3. The Bertz CT molecular complexity index is 1180. The van der Waals surface area contributed by atoms with Crippen molar-refractivity contribution in [3.8, 4) is 5.75 Å². The highest BCUT2D eigenvalue weighted by Gasteiger charge is 2.28. The Balaban J connectivity index is 1.42. The second-order valence-corrected chi connectivity index (χ2v) is 8.80. The van der Waals surface area contributed by atoms with Gasteiger partial charge in [0.25, 0.3) is 5.91 Å². The largest absolute Gasteiger partial charge is 0.385 e. The highest BCUT2D eigenvalue weighted by molar-refractivity contribution is 7.84. The van der Waals surface area contributed by atoms with E-state index in [1.807, 2.05) is 24.3 Å². The normalized spacial score (nSPS) is 14.0. The van der Waals surface area contributed by atoms with Gasteiger partial charge in [-0.2, -0.15) is 12.7 Å². The number of fused-ring (bicyclic) bond motifs is 1. The molecule has 0 saturated heterocycles. The number of hydrogen-bond donors (Lipinski definition) is 1. The van der Waals surface area contributed by atoms with E-state index in [0.717, 1.165) is 11.1 Å². The van der Waals surface area contributed by atoms with Crippen molar-refractivity contribution in [2.75, 3.05) is 11.9 Å². The van der Waals surface area contributed by atoms with Crippen molar-refractivity contribution >= 4 is 33.5 Å². The average Bonchev–Trinajstić information content (AvgIpc) is 2.75. The van der Waals surface area contributed by atoms with Gasteiger partial charge in [-0.25, -0.2) is 0 Å². The van der Waals surface area contributed by atoms with Gasteiger partial charge in [-0.15, -0.1) is 0 Å². The number of nitrogens with zero attached hydrogens (tertiary/aromatic N) is 1. The topological polar surface area (TPSA) is 75.7 Å². The lowest BCUT2D eigenvalue weighted by atomic mass is 10.0. The summed E-state index contributed by atoms with van der Waals surface area (Å²) in [6.45, 7) is 0.649. The lowest BCUT2D eigenvalue weighted by molar-refractivity contribution is 0.102. The van der Waals surface area contributed by atoms with Crippen molar-refractivity contribution in [3.63, 3.8) is 0 Å². The Morgan fingerprint density at radius 3 is 2.33 bits per heavy atom. The molecule has 6 nitrogen and oxygen atoms in total. The molecular weight excluding hydrogens is 424 g/mol. The molecule has 1 aliphatic rings. The molecule has 1 aliphatic heterocycles. The van der Waals surface area contributed by atoms with Crippen molar-refractivity contribution in [1.82, 2.24) is 4.31 Å². The first-order chi connectivity index (χ1) is 14.4. The number of rotatable bonds is 5. The van der Waals surface area contributed by atoms with Crippen LogP contribution in [0.5, 0.6) is 5.75 Å². The van der Waals surface area contributed by atoms with Gasteiger partial charge in [-0.1, -0.05) is 48.0 Å². The van der Waals surface area contributed by atoms with E-state index in [9.17, 15) is 13.2 Å². The van der Waals surface area contributed by atoms with Crippen molar-refractivity contribution < 1.29 is 17.4 Å². The molecule has 0 atom stereocenters. The number of hydrogen-bond acceptors (Lipinski definition) is 4. The van der Waals surface area contributed by atoms with Gasteiger partial charge in [0.2, 0.25) is 0 Å². The molecule has 0 aromatic heterocycles. The van der Waals surface area contributed by atoms with Crippen LogP contribution in [0.3, 0.4) is 0 Å². The average molecular weight is 443 g/mol. The maximum Gasteiger partial charge on any atom is 0.385 e. The van der Waals surface area contributed by atoms with Crippen LogP contribution >= 0.6 is 11.6 Å². The molecule has 30 heavy (non-hydrogen) atoms. The van der Waals surface area contributed by atoms with Crippen LogP contribution in [0.1, 0.15) is 21.5 Å². The Hall–Kier alpha value is -2.87. The third kappa shape index (κ3) is 4.48. The highest BCUT2D eigenvalue weighted by atomic mass is 35.5. The number of nitrogens with one attached hydrogen (secondary N) is 1. The molecule has 0 aliphatic carbocycles. The van der Waals surface area contributed by atoms with E-state index in [1.165, 1.54) is 16.4 Å². The van der Waals surface area contributed by atoms with Crippen LogP contribution in [-0.2, 0) is 23.3 Å². The molecule has 3 aromatic carbocycles. The number of carbonyl (C=O) groups is 1. The lowest BCUT2D eigenvalue weighted by Gasteiger charge is -2.27. The number of amides is 1. The summed E-state index contributed by atoms with van der Waals surface area (Å²) in [7, 11) is -3.94. The van der Waals surface area contributed by atoms with E-state index in [0.29, 0.717) is 29.2 Å². The summed E-state index contributed by atoms with van der Waals surface area (Å²) in [5.41, 5.74) is 2.99. The fourth-order valence-electron chi connectivity index (χ4n) is 3.27. The van der Waals surface area contributed by atoms with Gasteiger partial charge in [0.1, 0.15) is 5.75 Å². The monoisotopic (exact) mass is 442 g/mol. The van der Waals surface area contributed by atoms with Crippen LogP contribution in [0.15, 0.2) is 72.8 Å². The third-order valence-corrected chi connectivity index (χ3v) is 6.52. The van der Waals surface area contributed by atoms with Crippen LogP contribution in [0.4, 0.5) is 5.69 Å². The fraction of sp³-hybridized carbons (Fsp3) is 0.136. The molecule has 3 aromatic rings. The maximum absolute atomic E-state index is 12.7. The molecule has 0 spiro atoms. The van der Waals surface area contributed by atoms with Crippen LogP contribution in [0.2, 0.25) is 5.02 Å². The highest BCUT2D eigenvalue weighted by Crippen LogP contribution is 2.24. The van der Waals surface area contributed by atoms with Crippen LogP contribution in [0.25, 0.3) is 0 Å². The van der Waals surface area contributed by atoms with E-state index in [-0.39, 0.29) is 18.2 Å². The zero-order chi connectivity index (χ0) is 21.1. The summed E-state index contributed by atoms with van der Waals surface area (Å²) in [5.74, 6) is -0.182. The van der Waals surface area contributed by atoms with Crippen molar-refractivity contribution in [2.45, 2.75) is 13.0 Å². The van der Waals surface area contributed by atoms with Gasteiger partial charge in [0.15, 0.2) is 0 Å². The zero-order valence-electron chi connectivity index (χ0n) is 15.9. The fourth-order valence-corrected chi connectivity index (χ4v) is 4.57. The van der Waals surface area contributed by atoms with E-state index in [2.05, 4.69) is 5.32 Å². The first kappa shape index (κ1) is 20.4. The van der Waals surface area contributed by atoms with E-state index < -0.39 is 10.3 Å². The Labute approximate surface area is 180 Å². The van der Waals surface area contributed by atoms with Crippen molar-refractivity contribution in [2.24, 2.45) is 0 Å². The molecule has 0 saturated carbocycles. The van der Waals surface area contributed by atoms with Gasteiger partial charge >= 0.3 is 10.3 Å². The molecular formula is C22H19ClN2O4S. The minimum absolute atomic E-state index is 0.171. The molecule has 4 rings (SSSR count). The predicted octanol–water partition coefficient (Wildman–Crippen LogP) is 4.27. The Morgan fingerprint density at radius 2 is 1.60 bits per heavy atom. The van der Waals surface area contributed by atoms with Crippen LogP contribution in [-0.4, -0.2) is 25.2 Å². The standard InChI is InChI=1S/C22H19ClN2O4S/c23-21-8-4-3-7-20(21)22(26)24-18-9-11-19(12-10-18)29-30(27,28)25-14-13-16-5-1-2-6-17(16)15-25/h1-12H,13-15H2,(H,24,26). The van der Waals surface area contributed by atoms with Gasteiger partial charge in [-0.3, -0.25) is 4.79 Å². The smallest absolute Gasteiger partial charge is 0.371 e. The second kappa shape index (κ2) is 8.47. The van der Waals surface area contributed by atoms with E-state index in [1.54, 1.807) is 36.4 Å². The SMILES string of the molecule is O=C(Nc1ccc(OS(=O)(=O)N2CCc3ccccc3C2)cc1)c1ccccc1Cl. The number of carbonyl (C=O) groups excluding carboxylic acids is 1. The third-order valence-electron chi connectivity index (χ3n) is 4.84. The Kier molecular flexibility index (Phi) is 5.76. The molecule has 0 fully saturated rings. The van der Waals surface area contributed by atoms with Crippen LogP contribution < -0.4 is 9.50 Å². The summed E-state index contributed by atoms with van der Waals surface area (Å²) in [6.07, 6.45) is 0.645. The molecule has 1 heterocycles. The van der Waals surface area contributed by atoms with E-state index in [4.69, 9.17) is 15.8 Å². The van der Waals surface area contributed by atoms with Crippen LogP contribution in [0, 0.1) is 0 Å². The molecule has 0 radical (unpaired) electrons. The summed E-state index contributed by atoms with van der Waals surface area (Å²) in [4.78, 5) is 12.3. The van der Waals surface area contributed by atoms with Gasteiger partial charge < -0.3 is 9.50 Å². The quantitative estimate of drug-likeness (QED) is 0.640. The predicted molar refractivity (Wildman–Crippen MR) is 116 cm³/mol. The summed E-state index contributed by atoms with van der Waals surface area (Å²) < 4.78 is 31.9. The molecule has 0 unspecified atom stereocenters. The second-order valence-electron chi connectivity index (χ2n) is 6.85. The molecule has 1 amide bonds. The minimum Gasteiger partial charge on any atom is -0.371 e. The van der Waals surface area contributed by atoms with Crippen molar-refractivity contribution in [3.05, 3.63) is 94.5 Å².